The van der Waals surface area contributed by atoms with E-state index in [4.69, 9.17) is 10.3 Å². The molecule has 0 saturated carbocycles. The third-order valence-electron chi connectivity index (χ3n) is 0.202. The zero-order chi connectivity index (χ0) is 7.49. The lowest BCUT2D eigenvalue weighted by atomic mass is 11.5. The Morgan fingerprint density at radius 3 is 2.22 bits per heavy atom. The molecule has 0 heterocycles. The molecule has 0 unspecified atom stereocenters. The molecule has 0 radical (unpaired) electrons. The number of hydrogen-bond donors (Lipinski definition) is 2. The Morgan fingerprint density at radius 1 is 1.67 bits per heavy atom. The van der Waals surface area contributed by atoms with Crippen LogP contribution >= 0.6 is 32.8 Å². The minimum absolute atomic E-state index is 0.0300. The van der Waals surface area contributed by atoms with Crippen LogP contribution in [0.15, 0.2) is 0 Å². The monoisotopic (exact) mass is 205 g/mol. The van der Waals surface area contributed by atoms with Crippen molar-refractivity contribution in [2.75, 3.05) is 0 Å². The van der Waals surface area contributed by atoms with Gasteiger partial charge in [-0.15, -0.1) is 0 Å². The molecule has 0 aliphatic heterocycles. The highest BCUT2D eigenvalue weighted by molar-refractivity contribution is 9.09. The van der Waals surface area contributed by atoms with Crippen molar-refractivity contribution >= 4 is 46.3 Å². The first kappa shape index (κ1) is 9.50. The summed E-state index contributed by atoms with van der Waals surface area (Å²) in [6, 6.07) is 0. The van der Waals surface area contributed by atoms with Crippen LogP contribution in [-0.4, -0.2) is 17.3 Å². The van der Waals surface area contributed by atoms with E-state index in [-0.39, 0.29) is 14.1 Å². The van der Waals surface area contributed by atoms with Gasteiger partial charge in [0, 0.05) is 0 Å². The van der Waals surface area contributed by atoms with E-state index in [2.05, 4.69) is 12.2 Å². The van der Waals surface area contributed by atoms with Gasteiger partial charge in [-0.1, -0.05) is 12.2 Å². The minimum atomic E-state index is -4.01. The van der Waals surface area contributed by atoms with Crippen molar-refractivity contribution in [2.24, 2.45) is 5.73 Å². The van der Waals surface area contributed by atoms with Crippen molar-refractivity contribution < 1.29 is 13.0 Å². The van der Waals surface area contributed by atoms with Crippen LogP contribution in [0, 0.1) is 0 Å². The Hall–Kier alpha value is 0.500. The minimum Gasteiger partial charge on any atom is -0.384 e. The Bertz CT molecular complexity index is 194. The molecule has 3 N–H and O–H groups in total. The third-order valence-corrected chi connectivity index (χ3v) is 4.59. The van der Waals surface area contributed by atoms with E-state index < -0.39 is 9.15 Å². The average Bonchev–Trinajstić information content (AvgIpc) is 1.59. The van der Waals surface area contributed by atoms with Crippen LogP contribution in [0.1, 0.15) is 0 Å². The lowest BCUT2D eigenvalue weighted by Crippen LogP contribution is -2.00. The van der Waals surface area contributed by atoms with Gasteiger partial charge in [-0.05, 0) is 10.8 Å². The fourth-order valence-corrected chi connectivity index (χ4v) is 2.82. The van der Waals surface area contributed by atoms with Crippen LogP contribution in [0.25, 0.3) is 0 Å². The van der Waals surface area contributed by atoms with Crippen LogP contribution < -0.4 is 5.73 Å². The van der Waals surface area contributed by atoms with Gasteiger partial charge in [0.1, 0.15) is 4.32 Å². The van der Waals surface area contributed by atoms with E-state index >= 15 is 0 Å². The summed E-state index contributed by atoms with van der Waals surface area (Å²) in [5.41, 5.74) is 4.90. The van der Waals surface area contributed by atoms with Crippen molar-refractivity contribution in [1.29, 1.82) is 0 Å². The number of hydrogen-bond acceptors (Lipinski definition) is 5. The topological polar surface area (TPSA) is 80.4 Å². The van der Waals surface area contributed by atoms with Crippen LogP contribution in [-0.2, 0) is 9.15 Å². The van der Waals surface area contributed by atoms with E-state index in [1.165, 1.54) is 0 Å². The maximum absolute atomic E-state index is 9.92. The largest absolute Gasteiger partial charge is 0.384 e. The third kappa shape index (κ3) is 8.50. The van der Waals surface area contributed by atoms with E-state index in [9.17, 15) is 8.42 Å². The van der Waals surface area contributed by atoms with Gasteiger partial charge in [0.05, 0.1) is 9.83 Å². The highest BCUT2D eigenvalue weighted by atomic mass is 33.5. The summed E-state index contributed by atoms with van der Waals surface area (Å²) < 4.78 is 27.9. The molecule has 0 aromatic carbocycles. The average molecular weight is 205 g/mol. The first-order valence-corrected chi connectivity index (χ1v) is 6.06. The van der Waals surface area contributed by atoms with Crippen LogP contribution in [0.2, 0.25) is 0 Å². The lowest BCUT2D eigenvalue weighted by Gasteiger charge is -1.90. The summed E-state index contributed by atoms with van der Waals surface area (Å²) in [5.74, 6) is 0. The summed E-state index contributed by atoms with van der Waals surface area (Å²) in [7, 11) is -3.16. The summed E-state index contributed by atoms with van der Waals surface area (Å²) in [6.07, 6.45) is 0. The zero-order valence-electron chi connectivity index (χ0n) is 3.97. The Kier molecular flexibility index (Phi) is 3.82. The zero-order valence-corrected chi connectivity index (χ0v) is 7.24. The predicted molar refractivity (Wildman–Crippen MR) is 43.5 cm³/mol. The van der Waals surface area contributed by atoms with Gasteiger partial charge in [-0.2, -0.15) is 8.42 Å². The number of thiocarbonyl (C=S) groups is 1. The fourth-order valence-electron chi connectivity index (χ4n) is 0.0765. The van der Waals surface area contributed by atoms with Gasteiger partial charge >= 0.3 is 9.15 Å². The van der Waals surface area contributed by atoms with Crippen LogP contribution in [0.4, 0.5) is 0 Å². The van der Waals surface area contributed by atoms with Crippen LogP contribution in [0.5, 0.6) is 0 Å². The maximum atomic E-state index is 9.92. The van der Waals surface area contributed by atoms with E-state index in [1.54, 1.807) is 0 Å². The van der Waals surface area contributed by atoms with Gasteiger partial charge in [-0.25, -0.2) is 0 Å². The molecule has 0 aromatic rings. The second kappa shape index (κ2) is 3.62. The lowest BCUT2D eigenvalue weighted by molar-refractivity contribution is 0.503. The molecule has 0 rings (SSSR count). The molecule has 0 spiro atoms. The van der Waals surface area contributed by atoms with Gasteiger partial charge in [-0.3, -0.25) is 4.55 Å². The normalized spacial score (nSPS) is 11.2. The predicted octanol–water partition coefficient (Wildman–Crippen LogP) is 0.414. The van der Waals surface area contributed by atoms with Gasteiger partial charge in [0.15, 0.2) is 0 Å². The summed E-state index contributed by atoms with van der Waals surface area (Å²) in [6.45, 7) is 0. The Morgan fingerprint density at radius 2 is 2.11 bits per heavy atom. The highest BCUT2D eigenvalue weighted by Crippen LogP contribution is 2.25. The maximum Gasteiger partial charge on any atom is 0.330 e. The quantitative estimate of drug-likeness (QED) is 0.384. The molecule has 9 heavy (non-hydrogen) atoms. The summed E-state index contributed by atoms with van der Waals surface area (Å²) in [5, 5.41) is 0. The molecular formula is CH3NO3S4. The number of rotatable bonds is 2. The van der Waals surface area contributed by atoms with Gasteiger partial charge in [0.25, 0.3) is 0 Å². The molecule has 0 atom stereocenters. The summed E-state index contributed by atoms with van der Waals surface area (Å²) >= 11 is 4.31. The second-order valence-electron chi connectivity index (χ2n) is 0.898. The van der Waals surface area contributed by atoms with Gasteiger partial charge < -0.3 is 5.73 Å². The number of nitrogens with two attached hydrogens (primary N) is 1. The second-order valence-corrected chi connectivity index (χ2v) is 6.59. The molecule has 0 aliphatic carbocycles. The first-order valence-electron chi connectivity index (χ1n) is 1.55. The standard InChI is InChI=1S/CH3NO3S4/c2-1(6)7-8-9(3,4)5/h(H2,2,6)(H,3,4,5). The van der Waals surface area contributed by atoms with E-state index in [1.807, 2.05) is 0 Å². The molecule has 8 heteroatoms. The highest BCUT2D eigenvalue weighted by Gasteiger charge is 2.05. The Labute approximate surface area is 65.1 Å². The van der Waals surface area contributed by atoms with E-state index in [0.29, 0.717) is 10.8 Å². The first-order chi connectivity index (χ1) is 3.92. The van der Waals surface area contributed by atoms with E-state index in [0.717, 1.165) is 0 Å². The molecule has 0 aromatic heterocycles. The molecule has 0 saturated heterocycles. The van der Waals surface area contributed by atoms with Crippen molar-refractivity contribution in [2.45, 2.75) is 0 Å². The Balaban J connectivity index is 3.67. The SMILES string of the molecule is NC(=S)SSS(=O)(=O)O. The molecule has 54 valence electrons. The molecule has 0 amide bonds. The molecule has 4 nitrogen and oxygen atoms in total. The smallest absolute Gasteiger partial charge is 0.330 e. The van der Waals surface area contributed by atoms with Crippen molar-refractivity contribution in [3.8, 4) is 0 Å². The van der Waals surface area contributed by atoms with Crippen LogP contribution in [0.3, 0.4) is 0 Å². The molecule has 0 bridgehead atoms. The fraction of sp³-hybridized carbons (Fsp3) is 0. The van der Waals surface area contributed by atoms with Crippen molar-refractivity contribution in [1.82, 2.24) is 0 Å². The summed E-state index contributed by atoms with van der Waals surface area (Å²) in [4.78, 5) is 0. The molecular weight excluding hydrogens is 202 g/mol. The van der Waals surface area contributed by atoms with Gasteiger partial charge in [0.2, 0.25) is 0 Å². The van der Waals surface area contributed by atoms with Crippen molar-refractivity contribution in [3.05, 3.63) is 0 Å². The molecule has 0 aliphatic rings. The van der Waals surface area contributed by atoms with Crippen molar-refractivity contribution in [3.63, 3.8) is 0 Å². The molecule has 0 fully saturated rings.